The highest BCUT2D eigenvalue weighted by Gasteiger charge is 2.42. The predicted octanol–water partition coefficient (Wildman–Crippen LogP) is 3.57. The molecule has 28 heavy (non-hydrogen) atoms. The number of ether oxygens (including phenoxy) is 2. The Labute approximate surface area is 171 Å². The average Bonchev–Trinajstić information content (AvgIpc) is 3.18. The molecule has 152 valence electrons. The van der Waals surface area contributed by atoms with Crippen molar-refractivity contribution >= 4 is 11.6 Å². The van der Waals surface area contributed by atoms with Gasteiger partial charge in [-0.3, -0.25) is 14.9 Å². The number of halogens is 1. The largest absolute Gasteiger partial charge is 0.493 e. The van der Waals surface area contributed by atoms with Crippen LogP contribution in [0.5, 0.6) is 11.5 Å². The molecule has 2 saturated heterocycles. The maximum Gasteiger partial charge on any atom is 0.165 e. The Kier molecular flexibility index (Phi) is 6.09. The molecule has 0 amide bonds. The summed E-state index contributed by atoms with van der Waals surface area (Å²) in [5, 5.41) is 7.82. The summed E-state index contributed by atoms with van der Waals surface area (Å²) in [7, 11) is 1.67. The van der Waals surface area contributed by atoms with Gasteiger partial charge in [0.15, 0.2) is 11.5 Å². The zero-order chi connectivity index (χ0) is 19.5. The highest BCUT2D eigenvalue weighted by atomic mass is 35.5. The minimum atomic E-state index is 0.679. The number of hydrogen-bond donors (Lipinski definition) is 1. The van der Waals surface area contributed by atoms with Crippen LogP contribution >= 0.6 is 11.6 Å². The molecule has 0 spiro atoms. The lowest BCUT2D eigenvalue weighted by atomic mass is 9.82. The molecule has 2 aliphatic heterocycles. The molecular weight excluding hydrogens is 376 g/mol. The number of aromatic amines is 1. The Morgan fingerprint density at radius 1 is 1.29 bits per heavy atom. The van der Waals surface area contributed by atoms with E-state index in [1.165, 1.54) is 12.1 Å². The number of piperidine rings is 1. The summed E-state index contributed by atoms with van der Waals surface area (Å²) in [6.45, 7) is 7.96. The van der Waals surface area contributed by atoms with Crippen LogP contribution in [-0.2, 0) is 13.1 Å². The van der Waals surface area contributed by atoms with Crippen LogP contribution in [0.15, 0.2) is 24.4 Å². The highest BCUT2D eigenvalue weighted by molar-refractivity contribution is 6.30. The zero-order valence-corrected chi connectivity index (χ0v) is 17.4. The fourth-order valence-electron chi connectivity index (χ4n) is 4.47. The second kappa shape index (κ2) is 8.72. The molecule has 0 bridgehead atoms. The van der Waals surface area contributed by atoms with E-state index in [4.69, 9.17) is 21.1 Å². The number of H-pyrrole nitrogens is 1. The number of methoxy groups -OCH3 is 1. The van der Waals surface area contributed by atoms with Gasteiger partial charge in [0.1, 0.15) is 0 Å². The first-order valence-electron chi connectivity index (χ1n) is 10.1. The lowest BCUT2D eigenvalue weighted by Crippen LogP contribution is -2.62. The van der Waals surface area contributed by atoms with Crippen molar-refractivity contribution < 1.29 is 9.47 Å². The van der Waals surface area contributed by atoms with Crippen LogP contribution in [0, 0.1) is 5.92 Å². The van der Waals surface area contributed by atoms with Crippen molar-refractivity contribution in [3.05, 3.63) is 40.7 Å². The molecule has 2 aromatic rings. The minimum absolute atomic E-state index is 0.679. The quantitative estimate of drug-likeness (QED) is 0.729. The normalized spacial score (nSPS) is 22.5. The van der Waals surface area contributed by atoms with Crippen molar-refractivity contribution in [2.45, 2.75) is 38.9 Å². The molecule has 1 aromatic carbocycles. The highest BCUT2D eigenvalue weighted by Crippen LogP contribution is 2.38. The van der Waals surface area contributed by atoms with Gasteiger partial charge < -0.3 is 9.47 Å². The van der Waals surface area contributed by atoms with Gasteiger partial charge in [-0.05, 0) is 30.9 Å². The third-order valence-electron chi connectivity index (χ3n) is 5.81. The number of rotatable bonds is 8. The average molecular weight is 405 g/mol. The monoisotopic (exact) mass is 404 g/mol. The summed E-state index contributed by atoms with van der Waals surface area (Å²) in [6, 6.07) is 6.60. The number of fused-ring (bicyclic) bond motifs is 1. The number of aromatic nitrogens is 2. The Balaban J connectivity index is 1.39. The summed E-state index contributed by atoms with van der Waals surface area (Å²) in [6.07, 6.45) is 3.99. The molecule has 7 heteroatoms. The van der Waals surface area contributed by atoms with Crippen molar-refractivity contribution in [2.75, 3.05) is 33.4 Å². The fraction of sp³-hybridized carbons (Fsp3) is 0.571. The number of nitrogens with zero attached hydrogens (tertiary/aromatic N) is 3. The summed E-state index contributed by atoms with van der Waals surface area (Å²) in [4.78, 5) is 5.09. The molecule has 1 N–H and O–H groups in total. The Hall–Kier alpha value is -1.76. The Morgan fingerprint density at radius 2 is 2.18 bits per heavy atom. The molecule has 2 unspecified atom stereocenters. The van der Waals surface area contributed by atoms with Gasteiger partial charge in [-0.15, -0.1) is 0 Å². The third-order valence-corrected chi connectivity index (χ3v) is 6.03. The summed E-state index contributed by atoms with van der Waals surface area (Å²) >= 11 is 6.33. The van der Waals surface area contributed by atoms with Crippen molar-refractivity contribution in [1.29, 1.82) is 0 Å². The molecule has 6 nitrogen and oxygen atoms in total. The van der Waals surface area contributed by atoms with Crippen molar-refractivity contribution in [3.63, 3.8) is 0 Å². The maximum atomic E-state index is 6.33. The number of hydrogen-bond acceptors (Lipinski definition) is 5. The number of likely N-dealkylation sites (tertiary alicyclic amines) is 2. The fourth-order valence-corrected chi connectivity index (χ4v) is 4.70. The van der Waals surface area contributed by atoms with E-state index in [2.05, 4.69) is 33.0 Å². The molecule has 0 saturated carbocycles. The Bertz CT molecular complexity index is 783. The third kappa shape index (κ3) is 4.14. The smallest absolute Gasteiger partial charge is 0.165 e. The van der Waals surface area contributed by atoms with Crippen molar-refractivity contribution in [3.8, 4) is 11.5 Å². The lowest BCUT2D eigenvalue weighted by molar-refractivity contribution is -0.0514. The van der Waals surface area contributed by atoms with Gasteiger partial charge in [0, 0.05) is 67.3 Å². The van der Waals surface area contributed by atoms with Crippen LogP contribution in [0.1, 0.15) is 31.0 Å². The van der Waals surface area contributed by atoms with Crippen LogP contribution in [-0.4, -0.2) is 59.4 Å². The van der Waals surface area contributed by atoms with E-state index in [0.717, 1.165) is 62.1 Å². The Morgan fingerprint density at radius 3 is 2.89 bits per heavy atom. The van der Waals surface area contributed by atoms with Gasteiger partial charge in [-0.1, -0.05) is 18.5 Å². The number of nitrogens with one attached hydrogen (secondary N) is 1. The first kappa shape index (κ1) is 19.6. The minimum Gasteiger partial charge on any atom is -0.493 e. The van der Waals surface area contributed by atoms with E-state index in [1.807, 2.05) is 18.3 Å². The van der Waals surface area contributed by atoms with E-state index in [9.17, 15) is 0 Å². The van der Waals surface area contributed by atoms with Gasteiger partial charge >= 0.3 is 0 Å². The molecule has 2 aliphatic rings. The van der Waals surface area contributed by atoms with E-state index in [1.54, 1.807) is 7.11 Å². The molecule has 1 aromatic heterocycles. The van der Waals surface area contributed by atoms with Crippen molar-refractivity contribution in [2.24, 2.45) is 5.92 Å². The van der Waals surface area contributed by atoms with Crippen LogP contribution in [0.4, 0.5) is 0 Å². The van der Waals surface area contributed by atoms with E-state index >= 15 is 0 Å². The van der Waals surface area contributed by atoms with Crippen LogP contribution < -0.4 is 9.47 Å². The summed E-state index contributed by atoms with van der Waals surface area (Å²) in [5.41, 5.74) is 2.31. The van der Waals surface area contributed by atoms with Gasteiger partial charge in [-0.25, -0.2) is 0 Å². The first-order valence-corrected chi connectivity index (χ1v) is 10.5. The standard InChI is InChI=1S/C21H29ClN4O2/c1-3-8-28-21-15(9-17(22)10-20(21)27-2)11-25-7-5-19-16(12-25)13-26(19)14-18-4-6-23-24-18/h4,6,9-10,16,19H,3,5,7-8,11-14H2,1-2H3,(H,23,24). The van der Waals surface area contributed by atoms with E-state index in [0.29, 0.717) is 17.7 Å². The van der Waals surface area contributed by atoms with Gasteiger partial charge in [0.2, 0.25) is 0 Å². The van der Waals surface area contributed by atoms with Gasteiger partial charge in [-0.2, -0.15) is 5.10 Å². The van der Waals surface area contributed by atoms with E-state index < -0.39 is 0 Å². The lowest BCUT2D eigenvalue weighted by Gasteiger charge is -2.53. The zero-order valence-electron chi connectivity index (χ0n) is 16.7. The van der Waals surface area contributed by atoms with Gasteiger partial charge in [0.05, 0.1) is 13.7 Å². The molecule has 3 heterocycles. The van der Waals surface area contributed by atoms with Crippen molar-refractivity contribution in [1.82, 2.24) is 20.0 Å². The molecule has 0 aliphatic carbocycles. The molecule has 0 radical (unpaired) electrons. The first-order chi connectivity index (χ1) is 13.7. The molecule has 4 rings (SSSR count). The summed E-state index contributed by atoms with van der Waals surface area (Å²) in [5.74, 6) is 2.29. The van der Waals surface area contributed by atoms with E-state index in [-0.39, 0.29) is 0 Å². The summed E-state index contributed by atoms with van der Waals surface area (Å²) < 4.78 is 11.5. The van der Waals surface area contributed by atoms with Gasteiger partial charge in [0.25, 0.3) is 0 Å². The molecule has 2 atom stereocenters. The van der Waals surface area contributed by atoms with Crippen LogP contribution in [0.3, 0.4) is 0 Å². The van der Waals surface area contributed by atoms with Crippen LogP contribution in [0.25, 0.3) is 0 Å². The number of benzene rings is 1. The molecule has 2 fully saturated rings. The SMILES string of the molecule is CCCOc1c(CN2CCC3C(C2)CN3Cc2ccn[nH]2)cc(Cl)cc1OC. The maximum absolute atomic E-state index is 6.33. The predicted molar refractivity (Wildman–Crippen MR) is 110 cm³/mol. The second-order valence-corrected chi connectivity index (χ2v) is 8.24. The van der Waals surface area contributed by atoms with Crippen LogP contribution in [0.2, 0.25) is 5.02 Å². The topological polar surface area (TPSA) is 53.6 Å². The second-order valence-electron chi connectivity index (χ2n) is 7.81. The molecular formula is C21H29ClN4O2.